The highest BCUT2D eigenvalue weighted by molar-refractivity contribution is 7.92. The van der Waals surface area contributed by atoms with Gasteiger partial charge in [0.2, 0.25) is 6.79 Å². The maximum Gasteiger partial charge on any atom is 0.263 e. The first kappa shape index (κ1) is 19.3. The van der Waals surface area contributed by atoms with Crippen LogP contribution in [0.3, 0.4) is 0 Å². The number of nitrogens with one attached hydrogen (secondary N) is 2. The molecule has 29 heavy (non-hydrogen) atoms. The standard InChI is InChI=1S/C18H17N3O6S2/c1-2-28(22,23)13-4-6-14(7-5-13)29(24,25)21-18-15(10-19-20-18)12-3-8-16-17(9-12)27-11-26-16/h3-10H,2,11H2,1H3,(H2,19,20,21). The molecular formula is C18H17N3O6S2. The summed E-state index contributed by atoms with van der Waals surface area (Å²) in [7, 11) is -7.38. The Morgan fingerprint density at radius 1 is 1.00 bits per heavy atom. The van der Waals surface area contributed by atoms with Crippen LogP contribution >= 0.6 is 0 Å². The third kappa shape index (κ3) is 3.66. The fourth-order valence-corrected chi connectivity index (χ4v) is 4.75. The molecule has 0 amide bonds. The van der Waals surface area contributed by atoms with Crippen LogP contribution in [0.5, 0.6) is 11.5 Å². The summed E-state index contributed by atoms with van der Waals surface area (Å²) in [5.41, 5.74) is 1.21. The molecule has 4 rings (SSSR count). The molecule has 1 aliphatic rings. The molecule has 0 saturated heterocycles. The summed E-state index contributed by atoms with van der Waals surface area (Å²) >= 11 is 0. The van der Waals surface area contributed by atoms with Gasteiger partial charge in [-0.05, 0) is 42.0 Å². The van der Waals surface area contributed by atoms with Crippen LogP contribution in [0.4, 0.5) is 5.82 Å². The van der Waals surface area contributed by atoms with Crippen LogP contribution in [0.2, 0.25) is 0 Å². The fourth-order valence-electron chi connectivity index (χ4n) is 2.83. The Balaban J connectivity index is 1.62. The van der Waals surface area contributed by atoms with Crippen LogP contribution in [-0.2, 0) is 19.9 Å². The first-order valence-corrected chi connectivity index (χ1v) is 11.7. The molecular weight excluding hydrogens is 418 g/mol. The summed E-state index contributed by atoms with van der Waals surface area (Å²) in [6.45, 7) is 1.66. The number of aromatic amines is 1. The first-order valence-electron chi connectivity index (χ1n) is 8.59. The van der Waals surface area contributed by atoms with Gasteiger partial charge >= 0.3 is 0 Å². The van der Waals surface area contributed by atoms with Crippen molar-refractivity contribution in [2.75, 3.05) is 17.3 Å². The highest BCUT2D eigenvalue weighted by Crippen LogP contribution is 2.37. The molecule has 2 N–H and O–H groups in total. The second-order valence-corrected chi connectivity index (χ2v) is 10.2. The second kappa shape index (κ2) is 7.08. The van der Waals surface area contributed by atoms with E-state index in [0.717, 1.165) is 0 Å². The van der Waals surface area contributed by atoms with E-state index in [4.69, 9.17) is 9.47 Å². The van der Waals surface area contributed by atoms with Gasteiger partial charge in [0.05, 0.1) is 21.7 Å². The zero-order valence-corrected chi connectivity index (χ0v) is 16.9. The average Bonchev–Trinajstić information content (AvgIpc) is 3.36. The van der Waals surface area contributed by atoms with Gasteiger partial charge in [-0.15, -0.1) is 0 Å². The van der Waals surface area contributed by atoms with Crippen LogP contribution in [0.1, 0.15) is 6.92 Å². The number of hydrogen-bond donors (Lipinski definition) is 2. The van der Waals surface area contributed by atoms with Crippen LogP contribution < -0.4 is 14.2 Å². The summed E-state index contributed by atoms with van der Waals surface area (Å²) in [6.07, 6.45) is 1.49. The van der Waals surface area contributed by atoms with Crippen molar-refractivity contribution >= 4 is 25.7 Å². The van der Waals surface area contributed by atoms with E-state index in [-0.39, 0.29) is 28.2 Å². The molecule has 1 aliphatic heterocycles. The van der Waals surface area contributed by atoms with E-state index in [1.807, 2.05) is 0 Å². The van der Waals surface area contributed by atoms with Crippen molar-refractivity contribution in [3.8, 4) is 22.6 Å². The predicted molar refractivity (Wildman–Crippen MR) is 105 cm³/mol. The molecule has 0 fully saturated rings. The molecule has 9 nitrogen and oxygen atoms in total. The van der Waals surface area contributed by atoms with Gasteiger partial charge in [-0.25, -0.2) is 16.8 Å². The topological polar surface area (TPSA) is 127 Å². The SMILES string of the molecule is CCS(=O)(=O)c1ccc(S(=O)(=O)Nc2[nH]ncc2-c2ccc3c(c2)OCO3)cc1. The normalized spacial score (nSPS) is 13.4. The maximum absolute atomic E-state index is 12.7. The smallest absolute Gasteiger partial charge is 0.263 e. The van der Waals surface area contributed by atoms with E-state index in [9.17, 15) is 16.8 Å². The van der Waals surface area contributed by atoms with Crippen LogP contribution in [0.25, 0.3) is 11.1 Å². The number of benzene rings is 2. The van der Waals surface area contributed by atoms with E-state index in [2.05, 4.69) is 14.9 Å². The Bertz CT molecular complexity index is 1270. The molecule has 0 bridgehead atoms. The highest BCUT2D eigenvalue weighted by Gasteiger charge is 2.21. The number of fused-ring (bicyclic) bond motifs is 1. The number of aromatic nitrogens is 2. The van der Waals surface area contributed by atoms with Gasteiger partial charge < -0.3 is 9.47 Å². The van der Waals surface area contributed by atoms with Crippen molar-refractivity contribution in [2.24, 2.45) is 0 Å². The maximum atomic E-state index is 12.7. The Labute approximate surface area is 167 Å². The van der Waals surface area contributed by atoms with Crippen molar-refractivity contribution < 1.29 is 26.3 Å². The molecule has 0 saturated carbocycles. The van der Waals surface area contributed by atoms with Gasteiger partial charge in [0, 0.05) is 5.56 Å². The second-order valence-electron chi connectivity index (χ2n) is 6.21. The third-order valence-electron chi connectivity index (χ3n) is 4.43. The molecule has 0 radical (unpaired) electrons. The minimum atomic E-state index is -3.97. The summed E-state index contributed by atoms with van der Waals surface area (Å²) < 4.78 is 62.4. The monoisotopic (exact) mass is 435 g/mol. The summed E-state index contributed by atoms with van der Waals surface area (Å²) in [6, 6.07) is 10.3. The molecule has 0 spiro atoms. The number of rotatable bonds is 6. The Morgan fingerprint density at radius 3 is 2.41 bits per heavy atom. The fraction of sp³-hybridized carbons (Fsp3) is 0.167. The predicted octanol–water partition coefficient (Wildman–Crippen LogP) is 2.40. The van der Waals surface area contributed by atoms with Gasteiger partial charge in [0.1, 0.15) is 5.82 Å². The van der Waals surface area contributed by atoms with Gasteiger partial charge in [0.15, 0.2) is 21.3 Å². The summed E-state index contributed by atoms with van der Waals surface area (Å²) in [5.74, 6) is 1.28. The zero-order valence-electron chi connectivity index (χ0n) is 15.2. The van der Waals surface area contributed by atoms with Crippen molar-refractivity contribution in [1.82, 2.24) is 10.2 Å². The number of nitrogens with zero attached hydrogens (tertiary/aromatic N) is 1. The van der Waals surface area contributed by atoms with Crippen LogP contribution in [-0.4, -0.2) is 39.6 Å². The quantitative estimate of drug-likeness (QED) is 0.608. The van der Waals surface area contributed by atoms with Gasteiger partial charge in [-0.3, -0.25) is 9.82 Å². The van der Waals surface area contributed by atoms with Crippen LogP contribution in [0, 0.1) is 0 Å². The Hall–Kier alpha value is -3.05. The van der Waals surface area contributed by atoms with E-state index >= 15 is 0 Å². The van der Waals surface area contributed by atoms with E-state index in [0.29, 0.717) is 22.6 Å². The molecule has 2 aromatic carbocycles. The molecule has 0 aliphatic carbocycles. The lowest BCUT2D eigenvalue weighted by atomic mass is 10.1. The average molecular weight is 435 g/mol. The highest BCUT2D eigenvalue weighted by atomic mass is 32.2. The Kier molecular flexibility index (Phi) is 4.71. The lowest BCUT2D eigenvalue weighted by Gasteiger charge is -2.10. The van der Waals surface area contributed by atoms with Crippen molar-refractivity contribution in [3.63, 3.8) is 0 Å². The minimum absolute atomic E-state index is 0.0651. The van der Waals surface area contributed by atoms with Crippen molar-refractivity contribution in [1.29, 1.82) is 0 Å². The minimum Gasteiger partial charge on any atom is -0.454 e. The van der Waals surface area contributed by atoms with Gasteiger partial charge in [-0.2, -0.15) is 5.10 Å². The zero-order chi connectivity index (χ0) is 20.6. The number of ether oxygens (including phenoxy) is 2. The lowest BCUT2D eigenvalue weighted by molar-refractivity contribution is 0.174. The van der Waals surface area contributed by atoms with Gasteiger partial charge in [0.25, 0.3) is 10.0 Å². The van der Waals surface area contributed by atoms with Crippen molar-refractivity contribution in [2.45, 2.75) is 16.7 Å². The van der Waals surface area contributed by atoms with Gasteiger partial charge in [-0.1, -0.05) is 13.0 Å². The summed E-state index contributed by atoms with van der Waals surface area (Å²) in [5, 5.41) is 6.56. The molecule has 0 unspecified atom stereocenters. The molecule has 152 valence electrons. The number of sulfonamides is 1. The van der Waals surface area contributed by atoms with Crippen molar-refractivity contribution in [3.05, 3.63) is 48.7 Å². The number of anilines is 1. The molecule has 11 heteroatoms. The third-order valence-corrected chi connectivity index (χ3v) is 7.55. The van der Waals surface area contributed by atoms with Crippen LogP contribution in [0.15, 0.2) is 58.5 Å². The molecule has 2 heterocycles. The largest absolute Gasteiger partial charge is 0.454 e. The Morgan fingerprint density at radius 2 is 1.69 bits per heavy atom. The first-order chi connectivity index (χ1) is 13.8. The molecule has 3 aromatic rings. The lowest BCUT2D eigenvalue weighted by Crippen LogP contribution is -2.14. The van der Waals surface area contributed by atoms with E-state index in [1.165, 1.54) is 37.4 Å². The molecule has 0 atom stereocenters. The van der Waals surface area contributed by atoms with E-state index < -0.39 is 19.9 Å². The summed E-state index contributed by atoms with van der Waals surface area (Å²) in [4.78, 5) is 0.000305. The number of hydrogen-bond acceptors (Lipinski definition) is 7. The number of H-pyrrole nitrogens is 1. The number of sulfone groups is 1. The van der Waals surface area contributed by atoms with E-state index in [1.54, 1.807) is 18.2 Å². The molecule has 1 aromatic heterocycles.